The highest BCUT2D eigenvalue weighted by Crippen LogP contribution is 2.14. The van der Waals surface area contributed by atoms with E-state index < -0.39 is 0 Å². The minimum atomic E-state index is 0.719. The van der Waals surface area contributed by atoms with Crippen LogP contribution in [0.4, 0.5) is 11.6 Å². The monoisotopic (exact) mass is 249 g/mol. The third-order valence-electron chi connectivity index (χ3n) is 3.34. The molecule has 1 fully saturated rings. The fourth-order valence-corrected chi connectivity index (χ4v) is 2.24. The second-order valence-electron chi connectivity index (χ2n) is 4.92. The van der Waals surface area contributed by atoms with E-state index in [4.69, 9.17) is 0 Å². The first-order chi connectivity index (χ1) is 8.79. The normalized spacial score (nSPS) is 18.9. The molecule has 5 nitrogen and oxygen atoms in total. The number of anilines is 2. The van der Waals surface area contributed by atoms with Gasteiger partial charge in [-0.2, -0.15) is 0 Å². The molecule has 0 aromatic carbocycles. The van der Waals surface area contributed by atoms with Crippen LogP contribution in [0.1, 0.15) is 19.8 Å². The van der Waals surface area contributed by atoms with Crippen LogP contribution in [0.2, 0.25) is 0 Å². The average molecular weight is 249 g/mol. The van der Waals surface area contributed by atoms with E-state index in [1.807, 2.05) is 6.07 Å². The molecule has 0 spiro atoms. The van der Waals surface area contributed by atoms with Crippen molar-refractivity contribution in [2.24, 2.45) is 5.92 Å². The lowest BCUT2D eigenvalue weighted by atomic mass is 10.1. The Kier molecular flexibility index (Phi) is 4.75. The molecule has 1 aromatic rings. The average Bonchev–Trinajstić information content (AvgIpc) is 2.90. The molecule has 100 valence electrons. The van der Waals surface area contributed by atoms with Crippen LogP contribution < -0.4 is 15.5 Å². The third kappa shape index (κ3) is 3.57. The minimum Gasteiger partial charge on any atom is -0.370 e. The molecule has 1 atom stereocenters. The van der Waals surface area contributed by atoms with Gasteiger partial charge in [-0.3, -0.25) is 0 Å². The Morgan fingerprint density at radius 1 is 1.50 bits per heavy atom. The summed E-state index contributed by atoms with van der Waals surface area (Å²) >= 11 is 0. The number of aromatic nitrogens is 2. The predicted molar refractivity (Wildman–Crippen MR) is 75.1 cm³/mol. The maximum atomic E-state index is 4.30. The van der Waals surface area contributed by atoms with Crippen LogP contribution in [0.25, 0.3) is 0 Å². The Labute approximate surface area is 109 Å². The first-order valence-corrected chi connectivity index (χ1v) is 6.77. The standard InChI is InChI=1S/C13H23N5/c1-3-6-18(2)13-7-12(16-10-17-13)15-9-11-4-5-14-8-11/h7,10-11,14H,3-6,8-9H2,1-2H3,(H,15,16,17). The molecule has 0 aliphatic carbocycles. The Morgan fingerprint density at radius 2 is 2.39 bits per heavy atom. The van der Waals surface area contributed by atoms with Crippen LogP contribution >= 0.6 is 0 Å². The predicted octanol–water partition coefficient (Wildman–Crippen LogP) is 1.34. The second kappa shape index (κ2) is 6.54. The van der Waals surface area contributed by atoms with Crippen molar-refractivity contribution in [3.63, 3.8) is 0 Å². The van der Waals surface area contributed by atoms with Gasteiger partial charge in [0.15, 0.2) is 0 Å². The van der Waals surface area contributed by atoms with Crippen molar-refractivity contribution in [3.8, 4) is 0 Å². The highest BCUT2D eigenvalue weighted by molar-refractivity contribution is 5.47. The van der Waals surface area contributed by atoms with Gasteiger partial charge in [0.25, 0.3) is 0 Å². The lowest BCUT2D eigenvalue weighted by Crippen LogP contribution is -2.20. The van der Waals surface area contributed by atoms with Gasteiger partial charge in [0, 0.05) is 26.2 Å². The summed E-state index contributed by atoms with van der Waals surface area (Å²) in [7, 11) is 2.07. The quantitative estimate of drug-likeness (QED) is 0.797. The van der Waals surface area contributed by atoms with Gasteiger partial charge in [-0.05, 0) is 31.8 Å². The zero-order valence-corrected chi connectivity index (χ0v) is 11.3. The molecule has 0 saturated carbocycles. The van der Waals surface area contributed by atoms with Crippen molar-refractivity contribution in [2.45, 2.75) is 19.8 Å². The van der Waals surface area contributed by atoms with Crippen LogP contribution in [0.15, 0.2) is 12.4 Å². The summed E-state index contributed by atoms with van der Waals surface area (Å²) in [6.45, 7) is 6.43. The van der Waals surface area contributed by atoms with E-state index in [0.717, 1.165) is 50.2 Å². The molecule has 1 aliphatic heterocycles. The summed E-state index contributed by atoms with van der Waals surface area (Å²) in [6, 6.07) is 2.03. The van der Waals surface area contributed by atoms with Gasteiger partial charge in [-0.1, -0.05) is 6.92 Å². The Bertz CT molecular complexity index is 362. The molecule has 1 saturated heterocycles. The van der Waals surface area contributed by atoms with Crippen molar-refractivity contribution in [2.75, 3.05) is 43.4 Å². The molecular formula is C13H23N5. The first kappa shape index (κ1) is 13.1. The van der Waals surface area contributed by atoms with E-state index in [-0.39, 0.29) is 0 Å². The van der Waals surface area contributed by atoms with Gasteiger partial charge in [-0.15, -0.1) is 0 Å². The summed E-state index contributed by atoms with van der Waals surface area (Å²) < 4.78 is 0. The maximum Gasteiger partial charge on any atom is 0.133 e. The van der Waals surface area contributed by atoms with Gasteiger partial charge in [0.05, 0.1) is 0 Å². The molecule has 1 unspecified atom stereocenters. The van der Waals surface area contributed by atoms with Gasteiger partial charge in [0.2, 0.25) is 0 Å². The van der Waals surface area contributed by atoms with Crippen LogP contribution in [0, 0.1) is 5.92 Å². The van der Waals surface area contributed by atoms with Crippen molar-refractivity contribution in [1.82, 2.24) is 15.3 Å². The van der Waals surface area contributed by atoms with Gasteiger partial charge >= 0.3 is 0 Å². The van der Waals surface area contributed by atoms with Crippen molar-refractivity contribution >= 4 is 11.6 Å². The van der Waals surface area contributed by atoms with E-state index in [2.05, 4.69) is 39.5 Å². The molecule has 5 heteroatoms. The molecular weight excluding hydrogens is 226 g/mol. The number of hydrogen-bond donors (Lipinski definition) is 2. The molecule has 0 radical (unpaired) electrons. The topological polar surface area (TPSA) is 53.1 Å². The molecule has 2 rings (SSSR count). The molecule has 0 bridgehead atoms. The maximum absolute atomic E-state index is 4.30. The fourth-order valence-electron chi connectivity index (χ4n) is 2.24. The lowest BCUT2D eigenvalue weighted by molar-refractivity contribution is 0.614. The number of nitrogens with one attached hydrogen (secondary N) is 2. The third-order valence-corrected chi connectivity index (χ3v) is 3.34. The minimum absolute atomic E-state index is 0.719. The molecule has 1 aromatic heterocycles. The Morgan fingerprint density at radius 3 is 3.11 bits per heavy atom. The summed E-state index contributed by atoms with van der Waals surface area (Å²) in [6.07, 6.45) is 4.01. The van der Waals surface area contributed by atoms with E-state index in [9.17, 15) is 0 Å². The summed E-state index contributed by atoms with van der Waals surface area (Å²) in [4.78, 5) is 10.7. The zero-order chi connectivity index (χ0) is 12.8. The van der Waals surface area contributed by atoms with Crippen LogP contribution in [-0.4, -0.2) is 43.2 Å². The number of rotatable bonds is 6. The van der Waals surface area contributed by atoms with Crippen LogP contribution in [0.3, 0.4) is 0 Å². The first-order valence-electron chi connectivity index (χ1n) is 6.77. The van der Waals surface area contributed by atoms with Crippen molar-refractivity contribution in [1.29, 1.82) is 0 Å². The van der Waals surface area contributed by atoms with Crippen molar-refractivity contribution < 1.29 is 0 Å². The Balaban J connectivity index is 1.89. The molecule has 2 heterocycles. The van der Waals surface area contributed by atoms with E-state index in [0.29, 0.717) is 0 Å². The number of nitrogens with zero attached hydrogens (tertiary/aromatic N) is 3. The zero-order valence-electron chi connectivity index (χ0n) is 11.3. The summed E-state index contributed by atoms with van der Waals surface area (Å²) in [5.74, 6) is 2.63. The highest BCUT2D eigenvalue weighted by atomic mass is 15.2. The molecule has 0 amide bonds. The van der Waals surface area contributed by atoms with Gasteiger partial charge < -0.3 is 15.5 Å². The van der Waals surface area contributed by atoms with E-state index in [1.54, 1.807) is 6.33 Å². The molecule has 18 heavy (non-hydrogen) atoms. The van der Waals surface area contributed by atoms with Crippen molar-refractivity contribution in [3.05, 3.63) is 12.4 Å². The number of hydrogen-bond acceptors (Lipinski definition) is 5. The van der Waals surface area contributed by atoms with E-state index >= 15 is 0 Å². The molecule has 2 N–H and O–H groups in total. The van der Waals surface area contributed by atoms with E-state index in [1.165, 1.54) is 6.42 Å². The largest absolute Gasteiger partial charge is 0.370 e. The SMILES string of the molecule is CCCN(C)c1cc(NCC2CCNC2)ncn1. The Hall–Kier alpha value is -1.36. The second-order valence-corrected chi connectivity index (χ2v) is 4.92. The van der Waals surface area contributed by atoms with Gasteiger partial charge in [-0.25, -0.2) is 9.97 Å². The van der Waals surface area contributed by atoms with Crippen LogP contribution in [-0.2, 0) is 0 Å². The fraction of sp³-hybridized carbons (Fsp3) is 0.692. The highest BCUT2D eigenvalue weighted by Gasteiger charge is 2.14. The summed E-state index contributed by atoms with van der Waals surface area (Å²) in [5.41, 5.74) is 0. The lowest BCUT2D eigenvalue weighted by Gasteiger charge is -2.18. The summed E-state index contributed by atoms with van der Waals surface area (Å²) in [5, 5.41) is 6.78. The van der Waals surface area contributed by atoms with Gasteiger partial charge in [0.1, 0.15) is 18.0 Å². The molecule has 1 aliphatic rings. The smallest absolute Gasteiger partial charge is 0.133 e. The van der Waals surface area contributed by atoms with Crippen LogP contribution in [0.5, 0.6) is 0 Å².